The second-order valence-corrected chi connectivity index (χ2v) is 5.66. The van der Waals surface area contributed by atoms with E-state index in [-0.39, 0.29) is 0 Å². The van der Waals surface area contributed by atoms with E-state index in [1.54, 1.807) is 7.11 Å². The van der Waals surface area contributed by atoms with Crippen molar-refractivity contribution >= 4 is 15.8 Å². The molecule has 1 unspecified atom stereocenters. The molecule has 1 aromatic rings. The molecule has 0 heterocycles. The van der Waals surface area contributed by atoms with E-state index < -0.39 is 9.76 Å². The van der Waals surface area contributed by atoms with Crippen molar-refractivity contribution < 1.29 is 9.16 Å². The molecule has 0 aromatic heterocycles. The van der Waals surface area contributed by atoms with Gasteiger partial charge in [0, 0.05) is 19.3 Å². The van der Waals surface area contributed by atoms with Crippen molar-refractivity contribution in [3.05, 3.63) is 36.4 Å². The van der Waals surface area contributed by atoms with Crippen LogP contribution in [0.2, 0.25) is 5.54 Å². The van der Waals surface area contributed by atoms with Crippen LogP contribution in [0.25, 0.3) is 6.08 Å². The van der Waals surface area contributed by atoms with Gasteiger partial charge in [0.05, 0.1) is 0 Å². The molecule has 1 atom stereocenters. The van der Waals surface area contributed by atoms with E-state index in [1.807, 2.05) is 30.3 Å². The second kappa shape index (κ2) is 6.43. The average Bonchev–Trinajstić information content (AvgIpc) is 2.27. The van der Waals surface area contributed by atoms with Gasteiger partial charge < -0.3 is 9.16 Å². The Morgan fingerprint density at radius 2 is 2.07 bits per heavy atom. The summed E-state index contributed by atoms with van der Waals surface area (Å²) in [6.07, 6.45) is 1.83. The minimum absolute atomic E-state index is 0.543. The Morgan fingerprint density at radius 1 is 1.40 bits per heavy atom. The van der Waals surface area contributed by atoms with Gasteiger partial charge in [0.25, 0.3) is 0 Å². The summed E-state index contributed by atoms with van der Waals surface area (Å²) in [5.74, 6) is 0.954. The van der Waals surface area contributed by atoms with Crippen LogP contribution in [0.1, 0.15) is 12.5 Å². The van der Waals surface area contributed by atoms with Crippen molar-refractivity contribution in [3.8, 4) is 5.75 Å². The van der Waals surface area contributed by atoms with E-state index in [2.05, 4.69) is 13.5 Å². The van der Waals surface area contributed by atoms with Gasteiger partial charge in [-0.25, -0.2) is 0 Å². The standard InChI is InChI=1S/C12H18O2Si/c1-4-11-5-7-12(8-6-11)14-15-10(2)9-13-3/h4-8,10H,1,9,15H2,2-3H3. The van der Waals surface area contributed by atoms with Crippen molar-refractivity contribution in [3.63, 3.8) is 0 Å². The Balaban J connectivity index is 2.40. The summed E-state index contributed by atoms with van der Waals surface area (Å²) in [5, 5.41) is 0. The van der Waals surface area contributed by atoms with Crippen molar-refractivity contribution in [2.75, 3.05) is 13.7 Å². The molecule has 0 bridgehead atoms. The molecule has 0 N–H and O–H groups in total. The molecular formula is C12H18O2Si. The van der Waals surface area contributed by atoms with E-state index in [0.29, 0.717) is 5.54 Å². The van der Waals surface area contributed by atoms with E-state index >= 15 is 0 Å². The molecule has 3 heteroatoms. The Labute approximate surface area is 93.9 Å². The zero-order valence-electron chi connectivity index (χ0n) is 9.40. The van der Waals surface area contributed by atoms with Crippen LogP contribution in [0.4, 0.5) is 0 Å². The smallest absolute Gasteiger partial charge is 0.224 e. The fraction of sp³-hybridized carbons (Fsp3) is 0.333. The maximum Gasteiger partial charge on any atom is 0.224 e. The maximum absolute atomic E-state index is 5.74. The lowest BCUT2D eigenvalue weighted by atomic mass is 10.2. The number of hydrogen-bond acceptors (Lipinski definition) is 2. The molecule has 1 rings (SSSR count). The van der Waals surface area contributed by atoms with Gasteiger partial charge in [-0.1, -0.05) is 31.7 Å². The van der Waals surface area contributed by atoms with Gasteiger partial charge in [-0.2, -0.15) is 0 Å². The molecule has 0 aliphatic carbocycles. The van der Waals surface area contributed by atoms with Gasteiger partial charge in [0.15, 0.2) is 0 Å². The highest BCUT2D eigenvalue weighted by molar-refractivity contribution is 6.30. The zero-order chi connectivity index (χ0) is 11.1. The summed E-state index contributed by atoms with van der Waals surface area (Å²) < 4.78 is 10.8. The molecule has 0 fully saturated rings. The molecule has 0 amide bonds. The summed E-state index contributed by atoms with van der Waals surface area (Å²) in [6, 6.07) is 8.00. The molecule has 82 valence electrons. The van der Waals surface area contributed by atoms with Gasteiger partial charge in [-0.05, 0) is 17.7 Å². The van der Waals surface area contributed by atoms with Crippen LogP contribution < -0.4 is 4.43 Å². The minimum atomic E-state index is -0.543. The van der Waals surface area contributed by atoms with Gasteiger partial charge in [0.2, 0.25) is 9.76 Å². The third-order valence-corrected chi connectivity index (χ3v) is 3.41. The number of methoxy groups -OCH3 is 1. The fourth-order valence-corrected chi connectivity index (χ4v) is 2.27. The Morgan fingerprint density at radius 3 is 2.60 bits per heavy atom. The van der Waals surface area contributed by atoms with Crippen molar-refractivity contribution in [1.29, 1.82) is 0 Å². The zero-order valence-corrected chi connectivity index (χ0v) is 10.8. The first kappa shape index (κ1) is 12.0. The highest BCUT2D eigenvalue weighted by Crippen LogP contribution is 2.14. The van der Waals surface area contributed by atoms with E-state index in [4.69, 9.17) is 9.16 Å². The summed E-state index contributed by atoms with van der Waals surface area (Å²) in [6.45, 7) is 6.66. The Hall–Kier alpha value is -1.06. The molecule has 0 radical (unpaired) electrons. The number of rotatable bonds is 6. The molecule has 0 spiro atoms. The van der Waals surface area contributed by atoms with Crippen LogP contribution in [0.3, 0.4) is 0 Å². The Kier molecular flexibility index (Phi) is 5.14. The van der Waals surface area contributed by atoms with Crippen molar-refractivity contribution in [1.82, 2.24) is 0 Å². The highest BCUT2D eigenvalue weighted by atomic mass is 28.2. The quantitative estimate of drug-likeness (QED) is 0.687. The molecule has 0 aliphatic heterocycles. The first-order chi connectivity index (χ1) is 7.26. The normalized spacial score (nSPS) is 12.9. The third kappa shape index (κ3) is 4.32. The second-order valence-electron chi connectivity index (χ2n) is 3.64. The first-order valence-electron chi connectivity index (χ1n) is 5.10. The third-order valence-electron chi connectivity index (χ3n) is 2.10. The van der Waals surface area contributed by atoms with Crippen LogP contribution in [0.5, 0.6) is 5.75 Å². The number of hydrogen-bond donors (Lipinski definition) is 0. The maximum atomic E-state index is 5.74. The molecule has 0 saturated carbocycles. The van der Waals surface area contributed by atoms with E-state index in [0.717, 1.165) is 17.9 Å². The lowest BCUT2D eigenvalue weighted by molar-refractivity contribution is 0.196. The largest absolute Gasteiger partial charge is 0.549 e. The number of ether oxygens (including phenoxy) is 1. The van der Waals surface area contributed by atoms with Crippen LogP contribution in [-0.4, -0.2) is 23.5 Å². The molecule has 0 saturated heterocycles. The first-order valence-corrected chi connectivity index (χ1v) is 6.50. The molecular weight excluding hydrogens is 204 g/mol. The molecule has 15 heavy (non-hydrogen) atoms. The lowest BCUT2D eigenvalue weighted by Gasteiger charge is -2.11. The van der Waals surface area contributed by atoms with E-state index in [9.17, 15) is 0 Å². The highest BCUT2D eigenvalue weighted by Gasteiger charge is 2.03. The fourth-order valence-electron chi connectivity index (χ4n) is 1.27. The number of benzene rings is 1. The summed E-state index contributed by atoms with van der Waals surface area (Å²) in [5.41, 5.74) is 1.67. The monoisotopic (exact) mass is 222 g/mol. The summed E-state index contributed by atoms with van der Waals surface area (Å²) >= 11 is 0. The van der Waals surface area contributed by atoms with Crippen LogP contribution in [-0.2, 0) is 4.74 Å². The molecule has 0 aliphatic rings. The van der Waals surface area contributed by atoms with Gasteiger partial charge in [-0.3, -0.25) is 0 Å². The van der Waals surface area contributed by atoms with Crippen LogP contribution in [0.15, 0.2) is 30.8 Å². The Bertz CT molecular complexity index is 295. The minimum Gasteiger partial charge on any atom is -0.549 e. The van der Waals surface area contributed by atoms with Gasteiger partial charge in [0.1, 0.15) is 5.75 Å². The average molecular weight is 222 g/mol. The predicted octanol–water partition coefficient (Wildman–Crippen LogP) is 2.25. The van der Waals surface area contributed by atoms with Gasteiger partial charge in [-0.15, -0.1) is 0 Å². The topological polar surface area (TPSA) is 18.5 Å². The predicted molar refractivity (Wildman–Crippen MR) is 67.0 cm³/mol. The van der Waals surface area contributed by atoms with Gasteiger partial charge >= 0.3 is 0 Å². The molecule has 2 nitrogen and oxygen atoms in total. The van der Waals surface area contributed by atoms with Crippen molar-refractivity contribution in [2.24, 2.45) is 0 Å². The van der Waals surface area contributed by atoms with Crippen LogP contribution in [0, 0.1) is 0 Å². The SMILES string of the molecule is C=Cc1ccc(O[SiH2]C(C)COC)cc1. The lowest BCUT2D eigenvalue weighted by Crippen LogP contribution is -2.12. The molecule has 1 aromatic carbocycles. The van der Waals surface area contributed by atoms with Crippen molar-refractivity contribution in [2.45, 2.75) is 12.5 Å². The summed E-state index contributed by atoms with van der Waals surface area (Å²) in [4.78, 5) is 0. The van der Waals surface area contributed by atoms with E-state index in [1.165, 1.54) is 0 Å². The van der Waals surface area contributed by atoms with Crippen LogP contribution >= 0.6 is 0 Å². The summed E-state index contributed by atoms with van der Waals surface area (Å²) in [7, 11) is 1.18.